The molecule has 2 heterocycles. The van der Waals surface area contributed by atoms with Crippen LogP contribution in [0, 0.1) is 0 Å². The van der Waals surface area contributed by atoms with Gasteiger partial charge in [0.1, 0.15) is 0 Å². The molecule has 8 heteroatoms. The van der Waals surface area contributed by atoms with Crippen LogP contribution in [-0.2, 0) is 10.0 Å². The molecule has 3 aromatic rings. The average Bonchev–Trinajstić information content (AvgIpc) is 2.63. The molecular formula is C16H15N5O2S. The molecule has 0 fully saturated rings. The lowest BCUT2D eigenvalue weighted by molar-refractivity contribution is 0.588. The van der Waals surface area contributed by atoms with Crippen molar-refractivity contribution in [2.75, 3.05) is 12.4 Å². The van der Waals surface area contributed by atoms with Gasteiger partial charge in [0.2, 0.25) is 16.0 Å². The van der Waals surface area contributed by atoms with E-state index in [1.54, 1.807) is 36.8 Å². The Labute approximate surface area is 139 Å². The molecule has 122 valence electrons. The van der Waals surface area contributed by atoms with E-state index in [0.29, 0.717) is 11.6 Å². The molecule has 7 nitrogen and oxygen atoms in total. The molecule has 0 aliphatic heterocycles. The number of nitrogens with zero attached hydrogens (tertiary/aromatic N) is 3. The molecule has 0 aliphatic carbocycles. The van der Waals surface area contributed by atoms with E-state index < -0.39 is 10.0 Å². The summed E-state index contributed by atoms with van der Waals surface area (Å²) in [6.45, 7) is 0. The molecule has 0 amide bonds. The molecule has 0 bridgehead atoms. The Bertz CT molecular complexity index is 928. The van der Waals surface area contributed by atoms with Crippen molar-refractivity contribution in [3.8, 4) is 11.3 Å². The summed E-state index contributed by atoms with van der Waals surface area (Å²) in [4.78, 5) is 12.9. The highest BCUT2D eigenvalue weighted by Gasteiger charge is 2.10. The molecule has 0 spiro atoms. The van der Waals surface area contributed by atoms with E-state index in [2.05, 4.69) is 25.0 Å². The van der Waals surface area contributed by atoms with Crippen LogP contribution in [0.25, 0.3) is 11.3 Å². The van der Waals surface area contributed by atoms with E-state index in [4.69, 9.17) is 0 Å². The fourth-order valence-corrected chi connectivity index (χ4v) is 2.79. The summed E-state index contributed by atoms with van der Waals surface area (Å²) in [5.74, 6) is 0.417. The summed E-state index contributed by atoms with van der Waals surface area (Å²) in [7, 11) is -2.07. The zero-order chi connectivity index (χ0) is 17.0. The third kappa shape index (κ3) is 3.55. The van der Waals surface area contributed by atoms with Crippen LogP contribution in [0.1, 0.15) is 0 Å². The fraction of sp³-hybridized carbons (Fsp3) is 0.0625. The van der Waals surface area contributed by atoms with Gasteiger partial charge in [-0.05, 0) is 49.5 Å². The maximum absolute atomic E-state index is 11.7. The number of hydrogen-bond donors (Lipinski definition) is 2. The fourth-order valence-electron chi connectivity index (χ4n) is 2.06. The second-order valence-corrected chi connectivity index (χ2v) is 6.75. The van der Waals surface area contributed by atoms with Gasteiger partial charge in [-0.15, -0.1) is 0 Å². The van der Waals surface area contributed by atoms with Crippen molar-refractivity contribution in [1.29, 1.82) is 0 Å². The van der Waals surface area contributed by atoms with E-state index in [9.17, 15) is 8.42 Å². The molecule has 0 saturated heterocycles. The van der Waals surface area contributed by atoms with Gasteiger partial charge in [-0.25, -0.2) is 23.1 Å². The highest BCUT2D eigenvalue weighted by molar-refractivity contribution is 7.89. The van der Waals surface area contributed by atoms with Gasteiger partial charge in [-0.1, -0.05) is 0 Å². The Kier molecular flexibility index (Phi) is 4.50. The molecule has 0 atom stereocenters. The Balaban J connectivity index is 1.82. The zero-order valence-electron chi connectivity index (χ0n) is 12.8. The summed E-state index contributed by atoms with van der Waals surface area (Å²) in [6.07, 6.45) is 5.08. The Morgan fingerprint density at radius 1 is 1.00 bits per heavy atom. The lowest BCUT2D eigenvalue weighted by Crippen LogP contribution is -2.18. The highest BCUT2D eigenvalue weighted by atomic mass is 32.2. The number of hydrogen-bond acceptors (Lipinski definition) is 6. The van der Waals surface area contributed by atoms with Gasteiger partial charge < -0.3 is 5.32 Å². The first-order chi connectivity index (χ1) is 11.6. The molecule has 3 rings (SSSR count). The molecule has 0 saturated carbocycles. The van der Waals surface area contributed by atoms with Gasteiger partial charge in [0.25, 0.3) is 0 Å². The largest absolute Gasteiger partial charge is 0.324 e. The normalized spacial score (nSPS) is 11.2. The predicted molar refractivity (Wildman–Crippen MR) is 91.2 cm³/mol. The first-order valence-electron chi connectivity index (χ1n) is 7.12. The van der Waals surface area contributed by atoms with Crippen LogP contribution in [0.4, 0.5) is 11.6 Å². The van der Waals surface area contributed by atoms with Gasteiger partial charge in [0.05, 0.1) is 10.6 Å². The number of aromatic nitrogens is 3. The Hall–Kier alpha value is -2.84. The number of rotatable bonds is 5. The van der Waals surface area contributed by atoms with Gasteiger partial charge >= 0.3 is 0 Å². The topological polar surface area (TPSA) is 96.9 Å². The second-order valence-electron chi connectivity index (χ2n) is 4.86. The Morgan fingerprint density at radius 2 is 1.79 bits per heavy atom. The quantitative estimate of drug-likeness (QED) is 0.738. The SMILES string of the molecule is CNS(=O)(=O)c1ccc(Nc2nccc(-c3cccnc3)n2)cc1. The summed E-state index contributed by atoms with van der Waals surface area (Å²) >= 11 is 0. The molecule has 2 aromatic heterocycles. The molecule has 0 radical (unpaired) electrons. The standard InChI is InChI=1S/C16H15N5O2S/c1-17-24(22,23)14-6-4-13(5-7-14)20-16-19-10-8-15(21-16)12-3-2-9-18-11-12/h2-11,17H,1H3,(H,19,20,21). The van der Waals surface area contributed by atoms with Crippen molar-refractivity contribution >= 4 is 21.7 Å². The van der Waals surface area contributed by atoms with Crippen molar-refractivity contribution < 1.29 is 8.42 Å². The van der Waals surface area contributed by atoms with Gasteiger partial charge in [-0.3, -0.25) is 4.98 Å². The third-order valence-electron chi connectivity index (χ3n) is 3.30. The van der Waals surface area contributed by atoms with Crippen molar-refractivity contribution in [3.05, 3.63) is 61.1 Å². The third-order valence-corrected chi connectivity index (χ3v) is 4.73. The van der Waals surface area contributed by atoms with Crippen LogP contribution in [0.2, 0.25) is 0 Å². The summed E-state index contributed by atoms with van der Waals surface area (Å²) in [6, 6.07) is 11.9. The van der Waals surface area contributed by atoms with Crippen LogP contribution < -0.4 is 10.0 Å². The number of benzene rings is 1. The van der Waals surface area contributed by atoms with E-state index in [0.717, 1.165) is 11.3 Å². The maximum Gasteiger partial charge on any atom is 0.240 e. The first-order valence-corrected chi connectivity index (χ1v) is 8.61. The number of nitrogens with one attached hydrogen (secondary N) is 2. The Morgan fingerprint density at radius 3 is 2.46 bits per heavy atom. The molecular weight excluding hydrogens is 326 g/mol. The van der Waals surface area contributed by atoms with Crippen LogP contribution >= 0.6 is 0 Å². The van der Waals surface area contributed by atoms with E-state index >= 15 is 0 Å². The molecule has 1 aromatic carbocycles. The smallest absolute Gasteiger partial charge is 0.240 e. The van der Waals surface area contributed by atoms with Gasteiger partial charge in [0.15, 0.2) is 0 Å². The van der Waals surface area contributed by atoms with Crippen LogP contribution in [0.3, 0.4) is 0 Å². The van der Waals surface area contributed by atoms with Crippen molar-refractivity contribution in [2.45, 2.75) is 4.90 Å². The minimum Gasteiger partial charge on any atom is -0.324 e. The first kappa shape index (κ1) is 16.0. The van der Waals surface area contributed by atoms with Crippen LogP contribution in [0.5, 0.6) is 0 Å². The monoisotopic (exact) mass is 341 g/mol. The number of sulfonamides is 1. The lowest BCUT2D eigenvalue weighted by Gasteiger charge is -2.08. The highest BCUT2D eigenvalue weighted by Crippen LogP contribution is 2.19. The second kappa shape index (κ2) is 6.73. The van der Waals surface area contributed by atoms with Crippen molar-refractivity contribution in [2.24, 2.45) is 0 Å². The van der Waals surface area contributed by atoms with Gasteiger partial charge in [-0.2, -0.15) is 0 Å². The summed E-state index contributed by atoms with van der Waals surface area (Å²) in [5.41, 5.74) is 2.32. The van der Waals surface area contributed by atoms with Crippen LogP contribution in [0.15, 0.2) is 66.0 Å². The predicted octanol–water partition coefficient (Wildman–Crippen LogP) is 2.19. The van der Waals surface area contributed by atoms with Gasteiger partial charge in [0, 0.05) is 29.8 Å². The summed E-state index contributed by atoms with van der Waals surface area (Å²) < 4.78 is 25.7. The van der Waals surface area contributed by atoms with Crippen molar-refractivity contribution in [3.63, 3.8) is 0 Å². The maximum atomic E-state index is 11.7. The zero-order valence-corrected chi connectivity index (χ0v) is 13.7. The minimum absolute atomic E-state index is 0.195. The average molecular weight is 341 g/mol. The van der Waals surface area contributed by atoms with Crippen LogP contribution in [-0.4, -0.2) is 30.4 Å². The molecule has 2 N–H and O–H groups in total. The van der Waals surface area contributed by atoms with E-state index in [-0.39, 0.29) is 4.90 Å². The minimum atomic E-state index is -3.45. The molecule has 24 heavy (non-hydrogen) atoms. The number of pyridine rings is 1. The lowest BCUT2D eigenvalue weighted by atomic mass is 10.2. The molecule has 0 unspecified atom stereocenters. The van der Waals surface area contributed by atoms with E-state index in [1.165, 1.54) is 19.2 Å². The van der Waals surface area contributed by atoms with E-state index in [1.807, 2.05) is 12.1 Å². The molecule has 0 aliphatic rings. The summed E-state index contributed by atoms with van der Waals surface area (Å²) in [5, 5.41) is 3.05. The number of anilines is 2. The van der Waals surface area contributed by atoms with Crippen molar-refractivity contribution in [1.82, 2.24) is 19.7 Å².